The first-order valence-electron chi connectivity index (χ1n) is 8.91. The third kappa shape index (κ3) is 4.74. The lowest BCUT2D eigenvalue weighted by atomic mass is 9.96. The van der Waals surface area contributed by atoms with Gasteiger partial charge in [0.25, 0.3) is 0 Å². The summed E-state index contributed by atoms with van der Waals surface area (Å²) in [5.74, 6) is -1.09. The number of nitrogens with one attached hydrogen (secondary N) is 2. The number of ether oxygens (including phenoxy) is 1. The van der Waals surface area contributed by atoms with E-state index in [2.05, 4.69) is 10.6 Å². The Labute approximate surface area is 153 Å². The van der Waals surface area contributed by atoms with E-state index in [0.29, 0.717) is 30.8 Å². The summed E-state index contributed by atoms with van der Waals surface area (Å²) < 4.78 is 5.60. The molecular formula is C19H26N2O5. The summed E-state index contributed by atoms with van der Waals surface area (Å²) in [6.07, 6.45) is 2.34. The molecule has 7 heteroatoms. The topological polar surface area (TPSA) is 105 Å². The minimum atomic E-state index is -1.20. The molecule has 1 unspecified atom stereocenters. The van der Waals surface area contributed by atoms with Gasteiger partial charge in [0.1, 0.15) is 11.3 Å². The molecule has 1 atom stereocenters. The average molecular weight is 362 g/mol. The largest absolute Gasteiger partial charge is 0.494 e. The molecular weight excluding hydrogens is 336 g/mol. The molecule has 2 amide bonds. The zero-order chi connectivity index (χ0) is 19.2. The van der Waals surface area contributed by atoms with Gasteiger partial charge in [-0.05, 0) is 25.8 Å². The predicted molar refractivity (Wildman–Crippen MR) is 95.8 cm³/mol. The van der Waals surface area contributed by atoms with Gasteiger partial charge in [-0.1, -0.05) is 31.0 Å². The SMILES string of the molecule is CCOc1ccccc1C(CC(=O)NC1(C(=O)O)CCCC1)NC(C)=O. The average Bonchev–Trinajstić information content (AvgIpc) is 3.04. The molecule has 1 aliphatic rings. The number of amides is 2. The molecule has 1 aromatic rings. The van der Waals surface area contributed by atoms with Crippen LogP contribution in [-0.4, -0.2) is 35.0 Å². The van der Waals surface area contributed by atoms with Crippen molar-refractivity contribution in [2.24, 2.45) is 0 Å². The maximum atomic E-state index is 12.6. The van der Waals surface area contributed by atoms with Crippen molar-refractivity contribution in [1.82, 2.24) is 10.6 Å². The Hall–Kier alpha value is -2.57. The number of carboxylic acids is 1. The maximum absolute atomic E-state index is 12.6. The fourth-order valence-corrected chi connectivity index (χ4v) is 3.41. The van der Waals surface area contributed by atoms with E-state index in [9.17, 15) is 19.5 Å². The van der Waals surface area contributed by atoms with Crippen molar-refractivity contribution in [3.8, 4) is 5.75 Å². The van der Waals surface area contributed by atoms with Gasteiger partial charge in [0, 0.05) is 12.5 Å². The van der Waals surface area contributed by atoms with Gasteiger partial charge in [0.2, 0.25) is 11.8 Å². The van der Waals surface area contributed by atoms with E-state index < -0.39 is 23.5 Å². The monoisotopic (exact) mass is 362 g/mol. The fraction of sp³-hybridized carbons (Fsp3) is 0.526. The smallest absolute Gasteiger partial charge is 0.329 e. The number of carbonyl (C=O) groups is 3. The molecule has 0 saturated heterocycles. The van der Waals surface area contributed by atoms with E-state index in [4.69, 9.17) is 4.74 Å². The molecule has 1 fully saturated rings. The van der Waals surface area contributed by atoms with Gasteiger partial charge in [-0.25, -0.2) is 4.79 Å². The highest BCUT2D eigenvalue weighted by Crippen LogP contribution is 2.31. The van der Waals surface area contributed by atoms with E-state index >= 15 is 0 Å². The molecule has 0 bridgehead atoms. The Morgan fingerprint density at radius 1 is 1.23 bits per heavy atom. The molecule has 0 heterocycles. The van der Waals surface area contributed by atoms with Crippen LogP contribution >= 0.6 is 0 Å². The quantitative estimate of drug-likeness (QED) is 0.657. The minimum Gasteiger partial charge on any atom is -0.494 e. The lowest BCUT2D eigenvalue weighted by Gasteiger charge is -2.27. The molecule has 0 radical (unpaired) electrons. The number of aliphatic carboxylic acids is 1. The Morgan fingerprint density at radius 3 is 2.46 bits per heavy atom. The molecule has 2 rings (SSSR count). The van der Waals surface area contributed by atoms with Gasteiger partial charge in [0.05, 0.1) is 19.1 Å². The van der Waals surface area contributed by atoms with Crippen LogP contribution in [0, 0.1) is 0 Å². The van der Waals surface area contributed by atoms with Crippen molar-refractivity contribution in [1.29, 1.82) is 0 Å². The fourth-order valence-electron chi connectivity index (χ4n) is 3.41. The summed E-state index contributed by atoms with van der Waals surface area (Å²) in [5, 5.41) is 15.0. The van der Waals surface area contributed by atoms with E-state index in [-0.39, 0.29) is 12.3 Å². The van der Waals surface area contributed by atoms with Crippen LogP contribution in [0.15, 0.2) is 24.3 Å². The molecule has 3 N–H and O–H groups in total. The molecule has 0 aromatic heterocycles. The van der Waals surface area contributed by atoms with Crippen LogP contribution in [0.25, 0.3) is 0 Å². The summed E-state index contributed by atoms with van der Waals surface area (Å²) in [7, 11) is 0. The third-order valence-corrected chi connectivity index (χ3v) is 4.61. The van der Waals surface area contributed by atoms with Crippen molar-refractivity contribution in [3.05, 3.63) is 29.8 Å². The number of para-hydroxylation sites is 1. The van der Waals surface area contributed by atoms with Crippen molar-refractivity contribution < 1.29 is 24.2 Å². The predicted octanol–water partition coefficient (Wildman–Crippen LogP) is 2.17. The lowest BCUT2D eigenvalue weighted by molar-refractivity contribution is -0.147. The molecule has 7 nitrogen and oxygen atoms in total. The first kappa shape index (κ1) is 19.8. The molecule has 142 valence electrons. The number of rotatable bonds is 8. The molecule has 1 aliphatic carbocycles. The van der Waals surface area contributed by atoms with Crippen LogP contribution in [0.5, 0.6) is 5.75 Å². The van der Waals surface area contributed by atoms with Crippen molar-refractivity contribution >= 4 is 17.8 Å². The highest BCUT2D eigenvalue weighted by Gasteiger charge is 2.42. The second-order valence-electron chi connectivity index (χ2n) is 6.57. The van der Waals surface area contributed by atoms with Crippen molar-refractivity contribution in [2.75, 3.05) is 6.61 Å². The second-order valence-corrected chi connectivity index (χ2v) is 6.57. The summed E-state index contributed by atoms with van der Waals surface area (Å²) in [6, 6.07) is 6.60. The van der Waals surface area contributed by atoms with Gasteiger partial charge in [-0.3, -0.25) is 9.59 Å². The Balaban J connectivity index is 2.19. The third-order valence-electron chi connectivity index (χ3n) is 4.61. The molecule has 26 heavy (non-hydrogen) atoms. The zero-order valence-electron chi connectivity index (χ0n) is 15.2. The van der Waals surface area contributed by atoms with E-state index in [1.807, 2.05) is 13.0 Å². The first-order valence-corrected chi connectivity index (χ1v) is 8.91. The minimum absolute atomic E-state index is 0.0568. The highest BCUT2D eigenvalue weighted by molar-refractivity contribution is 5.88. The summed E-state index contributed by atoms with van der Waals surface area (Å²) in [6.45, 7) is 3.69. The van der Waals surface area contributed by atoms with Crippen LogP contribution in [0.3, 0.4) is 0 Å². The Morgan fingerprint density at radius 2 is 1.88 bits per heavy atom. The number of carboxylic acid groups (broad SMARTS) is 1. The number of carbonyl (C=O) groups excluding carboxylic acids is 2. The first-order chi connectivity index (χ1) is 12.4. The van der Waals surface area contributed by atoms with Gasteiger partial charge < -0.3 is 20.5 Å². The highest BCUT2D eigenvalue weighted by atomic mass is 16.5. The summed E-state index contributed by atoms with van der Waals surface area (Å²) in [4.78, 5) is 35.8. The normalized spacial score (nSPS) is 16.5. The van der Waals surface area contributed by atoms with E-state index in [1.165, 1.54) is 6.92 Å². The van der Waals surface area contributed by atoms with Gasteiger partial charge >= 0.3 is 5.97 Å². The van der Waals surface area contributed by atoms with Crippen molar-refractivity contribution in [3.63, 3.8) is 0 Å². The van der Waals surface area contributed by atoms with Crippen LogP contribution in [-0.2, 0) is 14.4 Å². The Kier molecular flexibility index (Phi) is 6.60. The summed E-state index contributed by atoms with van der Waals surface area (Å²) in [5.41, 5.74) is -0.507. The van der Waals surface area contributed by atoms with Crippen LogP contribution in [0.1, 0.15) is 57.6 Å². The number of hydrogen-bond donors (Lipinski definition) is 3. The number of hydrogen-bond acceptors (Lipinski definition) is 4. The van der Waals surface area contributed by atoms with Gasteiger partial charge in [-0.15, -0.1) is 0 Å². The second kappa shape index (κ2) is 8.69. The molecule has 1 aromatic carbocycles. The Bertz CT molecular complexity index is 668. The van der Waals surface area contributed by atoms with Crippen LogP contribution < -0.4 is 15.4 Å². The van der Waals surface area contributed by atoms with Crippen LogP contribution in [0.2, 0.25) is 0 Å². The molecule has 0 spiro atoms. The molecule has 0 aliphatic heterocycles. The van der Waals surface area contributed by atoms with Gasteiger partial charge in [-0.2, -0.15) is 0 Å². The lowest BCUT2D eigenvalue weighted by Crippen LogP contribution is -2.53. The standard InChI is InChI=1S/C19H26N2O5/c1-3-26-16-9-5-4-8-14(16)15(20-13(2)22)12-17(23)21-19(18(24)25)10-6-7-11-19/h4-5,8-9,15H,3,6-7,10-12H2,1-2H3,(H,20,22)(H,21,23)(H,24,25). The van der Waals surface area contributed by atoms with E-state index in [1.54, 1.807) is 18.2 Å². The summed E-state index contributed by atoms with van der Waals surface area (Å²) >= 11 is 0. The van der Waals surface area contributed by atoms with Gasteiger partial charge in [0.15, 0.2) is 0 Å². The molecule has 1 saturated carbocycles. The maximum Gasteiger partial charge on any atom is 0.329 e. The van der Waals surface area contributed by atoms with Crippen LogP contribution in [0.4, 0.5) is 0 Å². The van der Waals surface area contributed by atoms with E-state index in [0.717, 1.165) is 12.8 Å². The van der Waals surface area contributed by atoms with Crippen molar-refractivity contribution in [2.45, 2.75) is 57.5 Å². The number of benzene rings is 1. The zero-order valence-corrected chi connectivity index (χ0v) is 15.2.